The van der Waals surface area contributed by atoms with Crippen molar-refractivity contribution in [3.8, 4) is 0 Å². The molecule has 0 saturated carbocycles. The lowest BCUT2D eigenvalue weighted by molar-refractivity contribution is 0.102. The van der Waals surface area contributed by atoms with Gasteiger partial charge < -0.3 is 4.57 Å². The zero-order valence-electron chi connectivity index (χ0n) is 23.0. The van der Waals surface area contributed by atoms with Gasteiger partial charge in [-0.25, -0.2) is 4.98 Å². The molecule has 1 aromatic heterocycles. The van der Waals surface area contributed by atoms with Gasteiger partial charge in [-0.05, 0) is 58.9 Å². The van der Waals surface area contributed by atoms with E-state index in [-0.39, 0.29) is 5.78 Å². The first-order valence-corrected chi connectivity index (χ1v) is 14.1. The van der Waals surface area contributed by atoms with Crippen molar-refractivity contribution in [2.75, 3.05) is 0 Å². The minimum absolute atomic E-state index is 0.109. The predicted octanol–water partition coefficient (Wildman–Crippen LogP) is 8.40. The highest BCUT2D eigenvalue weighted by Gasteiger charge is 2.39. The second-order valence-electron chi connectivity index (χ2n) is 10.7. The smallest absolute Gasteiger partial charge is 0.189 e. The number of imidazole rings is 1. The third kappa shape index (κ3) is 4.05. The number of benzene rings is 5. The second kappa shape index (κ2) is 10.2. The van der Waals surface area contributed by atoms with Gasteiger partial charge >= 0.3 is 0 Å². The van der Waals surface area contributed by atoms with Gasteiger partial charge in [-0.15, -0.1) is 0 Å². The predicted molar refractivity (Wildman–Crippen MR) is 166 cm³/mol. The first-order valence-electron chi connectivity index (χ1n) is 14.1. The zero-order chi connectivity index (χ0) is 27.8. The summed E-state index contributed by atoms with van der Waals surface area (Å²) in [5.74, 6) is 0.109. The average Bonchev–Trinajstić information content (AvgIpc) is 3.40. The van der Waals surface area contributed by atoms with Crippen LogP contribution in [0.4, 0.5) is 0 Å². The van der Waals surface area contributed by atoms with Crippen LogP contribution < -0.4 is 0 Å². The molecule has 1 aliphatic rings. The quantitative estimate of drug-likeness (QED) is 0.166. The molecule has 198 valence electrons. The lowest BCUT2D eigenvalue weighted by Gasteiger charge is -2.38. The number of Topliss-reactive ketones (excluding diaryl/α,β-unsaturated/α-hetero) is 1. The van der Waals surface area contributed by atoms with Crippen LogP contribution in [0.3, 0.4) is 0 Å². The van der Waals surface area contributed by atoms with Gasteiger partial charge in [0.2, 0.25) is 0 Å². The molecule has 3 heteroatoms. The van der Waals surface area contributed by atoms with Crippen molar-refractivity contribution in [2.24, 2.45) is 0 Å². The molecule has 0 bridgehead atoms. The molecule has 0 fully saturated rings. The molecule has 0 spiro atoms. The van der Waals surface area contributed by atoms with Gasteiger partial charge in [0.25, 0.3) is 0 Å². The third-order valence-electron chi connectivity index (χ3n) is 8.49. The normalized spacial score (nSPS) is 14.4. The van der Waals surface area contributed by atoms with Crippen LogP contribution in [0.5, 0.6) is 0 Å². The number of hydrogen-bond acceptors (Lipinski definition) is 2. The number of hydrogen-bond donors (Lipinski definition) is 0. The SMILES string of the molecule is Cc1c(C=C2CCc3ccc4ccccc4c3C2=O)ncn1C(c1ccccc1)(c1ccccc1)c1ccccc1. The fraction of sp³-hybridized carbons (Fsp3) is 0.105. The minimum atomic E-state index is -0.642. The summed E-state index contributed by atoms with van der Waals surface area (Å²) in [5, 5.41) is 2.12. The number of aromatic nitrogens is 2. The number of carbonyl (C=O) groups excluding carboxylic acids is 1. The Morgan fingerprint density at radius 2 is 1.24 bits per heavy atom. The summed E-state index contributed by atoms with van der Waals surface area (Å²) >= 11 is 0. The summed E-state index contributed by atoms with van der Waals surface area (Å²) in [6.45, 7) is 2.11. The maximum absolute atomic E-state index is 13.9. The molecule has 1 aliphatic carbocycles. The van der Waals surface area contributed by atoms with Crippen LogP contribution in [0.1, 0.15) is 50.4 Å². The van der Waals surface area contributed by atoms with E-state index in [0.717, 1.165) is 62.0 Å². The Balaban J connectivity index is 1.41. The van der Waals surface area contributed by atoms with Crippen molar-refractivity contribution in [3.63, 3.8) is 0 Å². The molecule has 0 radical (unpaired) electrons. The molecule has 1 heterocycles. The van der Waals surface area contributed by atoms with Crippen molar-refractivity contribution in [1.29, 1.82) is 0 Å². The van der Waals surface area contributed by atoms with E-state index in [1.54, 1.807) is 0 Å². The van der Waals surface area contributed by atoms with Crippen LogP contribution in [0.15, 0.2) is 139 Å². The lowest BCUT2D eigenvalue weighted by Crippen LogP contribution is -2.38. The zero-order valence-corrected chi connectivity index (χ0v) is 23.0. The van der Waals surface area contributed by atoms with Crippen molar-refractivity contribution in [2.45, 2.75) is 25.3 Å². The van der Waals surface area contributed by atoms with Crippen molar-refractivity contribution in [1.82, 2.24) is 9.55 Å². The van der Waals surface area contributed by atoms with E-state index < -0.39 is 5.54 Å². The van der Waals surface area contributed by atoms with Gasteiger partial charge in [-0.2, -0.15) is 0 Å². The maximum Gasteiger partial charge on any atom is 0.189 e. The van der Waals surface area contributed by atoms with E-state index >= 15 is 0 Å². The molecule has 0 unspecified atom stereocenters. The van der Waals surface area contributed by atoms with Gasteiger partial charge in [0.15, 0.2) is 5.78 Å². The van der Waals surface area contributed by atoms with Crippen LogP contribution in [-0.4, -0.2) is 15.3 Å². The highest BCUT2D eigenvalue weighted by Crippen LogP contribution is 2.42. The number of nitrogens with zero attached hydrogens (tertiary/aromatic N) is 2. The van der Waals surface area contributed by atoms with E-state index in [2.05, 4.69) is 127 Å². The van der Waals surface area contributed by atoms with Gasteiger partial charge in [-0.3, -0.25) is 4.79 Å². The number of allylic oxidation sites excluding steroid dienone is 1. The van der Waals surface area contributed by atoms with Crippen molar-refractivity contribution in [3.05, 3.63) is 178 Å². The highest BCUT2D eigenvalue weighted by molar-refractivity contribution is 6.19. The summed E-state index contributed by atoms with van der Waals surface area (Å²) in [7, 11) is 0. The number of carbonyl (C=O) groups is 1. The van der Waals surface area contributed by atoms with Gasteiger partial charge in [0, 0.05) is 16.8 Å². The molecule has 5 aromatic carbocycles. The molecule has 7 rings (SSSR count). The van der Waals surface area contributed by atoms with E-state index in [1.807, 2.05) is 24.5 Å². The standard InChI is InChI=1S/C38H30N2O/c1-27-35(25-30-24-23-29-22-21-28-13-11-12-20-34(28)36(29)37(30)41)39-26-40(27)38(31-14-5-2-6-15-31,32-16-7-3-8-17-32)33-18-9-4-10-19-33/h2-22,25-26H,23-24H2,1H3. The lowest BCUT2D eigenvalue weighted by atomic mass is 9.76. The summed E-state index contributed by atoms with van der Waals surface area (Å²) in [6.07, 6.45) is 5.51. The first kappa shape index (κ1) is 25.0. The molecule has 0 atom stereocenters. The molecule has 0 amide bonds. The number of rotatable bonds is 5. The monoisotopic (exact) mass is 530 g/mol. The summed E-state index contributed by atoms with van der Waals surface area (Å²) in [4.78, 5) is 18.9. The van der Waals surface area contributed by atoms with Gasteiger partial charge in [0.05, 0.1) is 12.0 Å². The Hall–Kier alpha value is -5.02. The molecule has 0 N–H and O–H groups in total. The topological polar surface area (TPSA) is 34.9 Å². The summed E-state index contributed by atoms with van der Waals surface area (Å²) in [6, 6.07) is 44.2. The van der Waals surface area contributed by atoms with Gasteiger partial charge in [0.1, 0.15) is 5.54 Å². The van der Waals surface area contributed by atoms with Gasteiger partial charge in [-0.1, -0.05) is 127 Å². The molecular weight excluding hydrogens is 500 g/mol. The van der Waals surface area contributed by atoms with E-state index in [1.165, 1.54) is 0 Å². The van der Waals surface area contributed by atoms with E-state index in [0.29, 0.717) is 6.42 Å². The van der Waals surface area contributed by atoms with E-state index in [4.69, 9.17) is 4.98 Å². The Bertz CT molecular complexity index is 1800. The Morgan fingerprint density at radius 1 is 0.683 bits per heavy atom. The second-order valence-corrected chi connectivity index (χ2v) is 10.7. The highest BCUT2D eigenvalue weighted by atomic mass is 16.1. The molecule has 0 saturated heterocycles. The number of aryl methyl sites for hydroxylation is 1. The van der Waals surface area contributed by atoms with Crippen LogP contribution in [0.25, 0.3) is 16.8 Å². The Kier molecular flexibility index (Phi) is 6.20. The van der Waals surface area contributed by atoms with Crippen LogP contribution >= 0.6 is 0 Å². The van der Waals surface area contributed by atoms with Crippen molar-refractivity contribution < 1.29 is 4.79 Å². The number of ketones is 1. The van der Waals surface area contributed by atoms with E-state index in [9.17, 15) is 4.79 Å². The average molecular weight is 531 g/mol. The first-order chi connectivity index (χ1) is 20.2. The fourth-order valence-corrected chi connectivity index (χ4v) is 6.50. The summed E-state index contributed by atoms with van der Waals surface area (Å²) < 4.78 is 2.27. The largest absolute Gasteiger partial charge is 0.316 e. The molecule has 41 heavy (non-hydrogen) atoms. The van der Waals surface area contributed by atoms with Crippen LogP contribution in [0, 0.1) is 6.92 Å². The maximum atomic E-state index is 13.9. The molecule has 0 aliphatic heterocycles. The molecule has 6 aromatic rings. The van der Waals surface area contributed by atoms with Crippen LogP contribution in [-0.2, 0) is 12.0 Å². The van der Waals surface area contributed by atoms with Crippen LogP contribution in [0.2, 0.25) is 0 Å². The molecular formula is C38H30N2O. The fourth-order valence-electron chi connectivity index (χ4n) is 6.50. The Labute approximate surface area is 240 Å². The third-order valence-corrected chi connectivity index (χ3v) is 8.49. The molecule has 3 nitrogen and oxygen atoms in total. The summed E-state index contributed by atoms with van der Waals surface area (Å²) in [5.41, 5.74) is 7.40. The number of fused-ring (bicyclic) bond motifs is 3. The Morgan fingerprint density at radius 3 is 1.85 bits per heavy atom. The van der Waals surface area contributed by atoms with Crippen molar-refractivity contribution >= 4 is 22.6 Å². The minimum Gasteiger partial charge on any atom is -0.316 e.